The molecule has 0 saturated carbocycles. The largest absolute Gasteiger partial charge is 0.497 e. The number of esters is 1. The number of thioether (sulfide) groups is 1. The molecule has 0 aliphatic heterocycles. The molecule has 0 spiro atoms. The number of rotatable bonds is 9. The van der Waals surface area contributed by atoms with Gasteiger partial charge in [0.05, 0.1) is 19.3 Å². The van der Waals surface area contributed by atoms with Crippen LogP contribution < -0.4 is 15.8 Å². The molecular formula is C19H22N2O5S2. The molecule has 7 nitrogen and oxygen atoms in total. The highest BCUT2D eigenvalue weighted by molar-refractivity contribution is 7.99. The lowest BCUT2D eigenvalue weighted by Gasteiger charge is -2.06. The van der Waals surface area contributed by atoms with Gasteiger partial charge in [-0.15, -0.1) is 23.1 Å². The molecule has 3 N–H and O–H groups in total. The van der Waals surface area contributed by atoms with Crippen LogP contribution in [-0.4, -0.2) is 37.3 Å². The normalized spacial score (nSPS) is 10.4. The highest BCUT2D eigenvalue weighted by Crippen LogP contribution is 2.33. The number of primary amides is 1. The first kappa shape index (κ1) is 21.8. The van der Waals surface area contributed by atoms with Crippen LogP contribution in [0.4, 0.5) is 5.00 Å². The summed E-state index contributed by atoms with van der Waals surface area (Å²) in [6.45, 7) is 3.52. The predicted molar refractivity (Wildman–Crippen MR) is 110 cm³/mol. The summed E-state index contributed by atoms with van der Waals surface area (Å²) in [5, 5.41) is 2.96. The second-order valence-corrected chi connectivity index (χ2v) is 7.86. The number of ether oxygens (including phenoxy) is 2. The lowest BCUT2D eigenvalue weighted by molar-refractivity contribution is -0.115. The number of nitrogens with two attached hydrogens (primary N) is 1. The van der Waals surface area contributed by atoms with E-state index in [9.17, 15) is 14.4 Å². The number of anilines is 1. The van der Waals surface area contributed by atoms with Crippen LogP contribution in [-0.2, 0) is 9.53 Å². The lowest BCUT2D eigenvalue weighted by Crippen LogP contribution is -2.17. The average molecular weight is 423 g/mol. The standard InChI is InChI=1S/C19H22N2O5S2/c1-4-26-19(24)16-11(2)15(17(20)23)18(28-16)21-14(22)9-10-27-13-7-5-12(25-3)6-8-13/h5-8H,4,9-10H2,1-3H3,(H2,20,23)(H,21,22). The van der Waals surface area contributed by atoms with Crippen molar-refractivity contribution in [1.29, 1.82) is 0 Å². The molecule has 0 unspecified atom stereocenters. The third-order valence-electron chi connectivity index (χ3n) is 3.76. The van der Waals surface area contributed by atoms with Crippen molar-refractivity contribution in [3.05, 3.63) is 40.3 Å². The number of benzene rings is 1. The number of methoxy groups -OCH3 is 1. The Balaban J connectivity index is 2.01. The first-order chi connectivity index (χ1) is 13.4. The van der Waals surface area contributed by atoms with Gasteiger partial charge in [0.2, 0.25) is 5.91 Å². The third kappa shape index (κ3) is 5.49. The van der Waals surface area contributed by atoms with Gasteiger partial charge in [-0.2, -0.15) is 0 Å². The molecule has 1 aromatic heterocycles. The zero-order valence-corrected chi connectivity index (χ0v) is 17.5. The van der Waals surface area contributed by atoms with E-state index in [0.29, 0.717) is 11.3 Å². The second kappa shape index (κ2) is 10.1. The Hall–Kier alpha value is -2.52. The second-order valence-electron chi connectivity index (χ2n) is 5.67. The highest BCUT2D eigenvalue weighted by atomic mass is 32.2. The third-order valence-corrected chi connectivity index (χ3v) is 5.97. The van der Waals surface area contributed by atoms with E-state index in [4.69, 9.17) is 15.2 Å². The topological polar surface area (TPSA) is 108 Å². The molecule has 0 bridgehead atoms. The summed E-state index contributed by atoms with van der Waals surface area (Å²) in [6, 6.07) is 7.54. The minimum Gasteiger partial charge on any atom is -0.497 e. The summed E-state index contributed by atoms with van der Waals surface area (Å²) in [4.78, 5) is 37.4. The molecule has 2 amide bonds. The molecule has 0 aliphatic rings. The molecule has 28 heavy (non-hydrogen) atoms. The van der Waals surface area contributed by atoms with E-state index in [1.165, 1.54) is 11.8 Å². The Kier molecular flexibility index (Phi) is 7.89. The zero-order chi connectivity index (χ0) is 20.7. The lowest BCUT2D eigenvalue weighted by atomic mass is 10.1. The molecule has 9 heteroatoms. The Morgan fingerprint density at radius 1 is 1.21 bits per heavy atom. The molecule has 0 aliphatic carbocycles. The van der Waals surface area contributed by atoms with Crippen molar-refractivity contribution in [3.63, 3.8) is 0 Å². The van der Waals surface area contributed by atoms with Crippen LogP contribution in [0, 0.1) is 6.92 Å². The molecule has 150 valence electrons. The summed E-state index contributed by atoms with van der Waals surface area (Å²) < 4.78 is 10.1. The van der Waals surface area contributed by atoms with Crippen molar-refractivity contribution in [2.75, 3.05) is 24.8 Å². The quantitative estimate of drug-likeness (QED) is 0.473. The Morgan fingerprint density at radius 3 is 2.46 bits per heavy atom. The predicted octanol–water partition coefficient (Wildman–Crippen LogP) is 3.46. The van der Waals surface area contributed by atoms with Crippen LogP contribution in [0.2, 0.25) is 0 Å². The smallest absolute Gasteiger partial charge is 0.348 e. The summed E-state index contributed by atoms with van der Waals surface area (Å²) in [7, 11) is 1.60. The van der Waals surface area contributed by atoms with E-state index in [0.717, 1.165) is 22.0 Å². The molecule has 0 radical (unpaired) electrons. The summed E-state index contributed by atoms with van der Waals surface area (Å²) in [5.41, 5.74) is 5.99. The van der Waals surface area contributed by atoms with Gasteiger partial charge in [-0.25, -0.2) is 4.79 Å². The van der Waals surface area contributed by atoms with Gasteiger partial charge in [0, 0.05) is 17.1 Å². The van der Waals surface area contributed by atoms with Crippen LogP contribution in [0.15, 0.2) is 29.2 Å². The van der Waals surface area contributed by atoms with Gasteiger partial charge in [0.25, 0.3) is 5.91 Å². The van der Waals surface area contributed by atoms with Crippen molar-refractivity contribution in [3.8, 4) is 5.75 Å². The SMILES string of the molecule is CCOC(=O)c1sc(NC(=O)CCSc2ccc(OC)cc2)c(C(N)=O)c1C. The van der Waals surface area contributed by atoms with Gasteiger partial charge in [-0.3, -0.25) is 9.59 Å². The number of thiophene rings is 1. The maximum atomic E-state index is 12.3. The molecule has 0 atom stereocenters. The van der Waals surface area contributed by atoms with Crippen molar-refractivity contribution >= 4 is 45.9 Å². The molecule has 2 rings (SSSR count). The van der Waals surface area contributed by atoms with Gasteiger partial charge in [0.1, 0.15) is 15.6 Å². The monoisotopic (exact) mass is 422 g/mol. The first-order valence-corrected chi connectivity index (χ1v) is 10.3. The Bertz CT molecular complexity index is 862. The fraction of sp³-hybridized carbons (Fsp3) is 0.316. The number of hydrogen-bond acceptors (Lipinski definition) is 7. The number of amides is 2. The van der Waals surface area contributed by atoms with Crippen molar-refractivity contribution in [1.82, 2.24) is 0 Å². The van der Waals surface area contributed by atoms with Crippen LogP contribution in [0.1, 0.15) is 38.9 Å². The van der Waals surface area contributed by atoms with E-state index in [1.54, 1.807) is 21.0 Å². The number of hydrogen-bond donors (Lipinski definition) is 2. The zero-order valence-electron chi connectivity index (χ0n) is 15.9. The summed E-state index contributed by atoms with van der Waals surface area (Å²) >= 11 is 2.53. The average Bonchev–Trinajstić information content (AvgIpc) is 2.98. The fourth-order valence-electron chi connectivity index (χ4n) is 2.41. The van der Waals surface area contributed by atoms with Crippen LogP contribution in [0.25, 0.3) is 0 Å². The maximum Gasteiger partial charge on any atom is 0.348 e. The van der Waals surface area contributed by atoms with Crippen molar-refractivity contribution in [2.45, 2.75) is 25.2 Å². The highest BCUT2D eigenvalue weighted by Gasteiger charge is 2.25. The van der Waals surface area contributed by atoms with Gasteiger partial charge >= 0.3 is 5.97 Å². The molecule has 2 aromatic rings. The van der Waals surface area contributed by atoms with Crippen molar-refractivity contribution in [2.24, 2.45) is 5.73 Å². The minimum atomic E-state index is -0.702. The molecular weight excluding hydrogens is 400 g/mol. The van der Waals surface area contributed by atoms with Gasteiger partial charge in [-0.1, -0.05) is 0 Å². The molecule has 0 saturated heterocycles. The van der Waals surface area contributed by atoms with Crippen LogP contribution in [0.3, 0.4) is 0 Å². The maximum absolute atomic E-state index is 12.3. The summed E-state index contributed by atoms with van der Waals surface area (Å²) in [5.74, 6) is -0.180. The van der Waals surface area contributed by atoms with Gasteiger partial charge in [0.15, 0.2) is 0 Å². The van der Waals surface area contributed by atoms with E-state index >= 15 is 0 Å². The van der Waals surface area contributed by atoms with Crippen LogP contribution >= 0.6 is 23.1 Å². The Labute approximate surface area is 171 Å². The molecule has 1 heterocycles. The number of carbonyl (C=O) groups is 3. The number of carbonyl (C=O) groups excluding carboxylic acids is 3. The Morgan fingerprint density at radius 2 is 1.89 bits per heavy atom. The first-order valence-electron chi connectivity index (χ1n) is 8.54. The van der Waals surface area contributed by atoms with Gasteiger partial charge < -0.3 is 20.5 Å². The number of nitrogens with one attached hydrogen (secondary N) is 1. The minimum absolute atomic E-state index is 0.143. The van der Waals surface area contributed by atoms with E-state index in [2.05, 4.69) is 5.32 Å². The molecule has 0 fully saturated rings. The summed E-state index contributed by atoms with van der Waals surface area (Å²) in [6.07, 6.45) is 0.237. The molecule has 1 aromatic carbocycles. The van der Waals surface area contributed by atoms with E-state index < -0.39 is 11.9 Å². The van der Waals surface area contributed by atoms with Crippen molar-refractivity contribution < 1.29 is 23.9 Å². The van der Waals surface area contributed by atoms with E-state index in [-0.39, 0.29) is 34.4 Å². The fourth-order valence-corrected chi connectivity index (χ4v) is 4.39. The van der Waals surface area contributed by atoms with Crippen LogP contribution in [0.5, 0.6) is 5.75 Å². The van der Waals surface area contributed by atoms with Gasteiger partial charge in [-0.05, 0) is 43.7 Å². The van der Waals surface area contributed by atoms with E-state index in [1.807, 2.05) is 24.3 Å².